The highest BCUT2D eigenvalue weighted by molar-refractivity contribution is 8.50. The van der Waals surface area contributed by atoms with Crippen molar-refractivity contribution in [1.82, 2.24) is 5.32 Å². The van der Waals surface area contributed by atoms with E-state index in [4.69, 9.17) is 0 Å². The van der Waals surface area contributed by atoms with E-state index in [2.05, 4.69) is 45.5 Å². The highest BCUT2D eigenvalue weighted by Crippen LogP contribution is 2.85. The Bertz CT molecular complexity index is 305. The topological polar surface area (TPSA) is 12.0 Å². The third kappa shape index (κ3) is 1.93. The van der Waals surface area contributed by atoms with Gasteiger partial charge in [-0.3, -0.25) is 14.5 Å². The average molecular weight is 280 g/mol. The summed E-state index contributed by atoms with van der Waals surface area (Å²) in [6.07, 6.45) is 7.55. The van der Waals surface area contributed by atoms with Crippen LogP contribution < -0.4 is 5.32 Å². The quantitative estimate of drug-likeness (QED) is 0.556. The van der Waals surface area contributed by atoms with Gasteiger partial charge in [0.2, 0.25) is 0 Å². The number of hydrogen-bond donors (Lipinski definition) is 2. The van der Waals surface area contributed by atoms with Gasteiger partial charge in [-0.1, -0.05) is 34.1 Å². The zero-order valence-corrected chi connectivity index (χ0v) is 14.3. The summed E-state index contributed by atoms with van der Waals surface area (Å²) in [6.45, 7) is 9.38. The Hall–Kier alpha value is 0.240. The van der Waals surface area contributed by atoms with Crippen molar-refractivity contribution in [2.75, 3.05) is 25.3 Å². The van der Waals surface area contributed by atoms with Gasteiger partial charge in [0.1, 0.15) is 0 Å². The molecule has 0 radical (unpaired) electrons. The second-order valence-corrected chi connectivity index (χ2v) is 14.5. The fourth-order valence-corrected chi connectivity index (χ4v) is 11.1. The van der Waals surface area contributed by atoms with Crippen molar-refractivity contribution in [3.63, 3.8) is 0 Å². The summed E-state index contributed by atoms with van der Waals surface area (Å²) in [5.74, 6) is 1.95. The SMILES string of the molecule is CCC(C)C(C)(CC)[SH]1(C)(C)CCC1C(F)NC. The van der Waals surface area contributed by atoms with E-state index in [0.717, 1.165) is 6.42 Å². The van der Waals surface area contributed by atoms with Gasteiger partial charge in [0.15, 0.2) is 6.30 Å². The summed E-state index contributed by atoms with van der Waals surface area (Å²) >= 11 is 0. The largest absolute Gasteiger partial charge is 0.290 e. The second kappa shape index (κ2) is 4.97. The van der Waals surface area contributed by atoms with Gasteiger partial charge in [0, 0.05) is 5.25 Å². The molecule has 1 saturated heterocycles. The van der Waals surface area contributed by atoms with Crippen LogP contribution >= 0.6 is 9.16 Å². The van der Waals surface area contributed by atoms with Crippen molar-refractivity contribution in [2.24, 2.45) is 5.92 Å². The Labute approximate surface area is 114 Å². The van der Waals surface area contributed by atoms with Gasteiger partial charge in [0.25, 0.3) is 0 Å². The van der Waals surface area contributed by atoms with E-state index in [1.165, 1.54) is 18.6 Å². The lowest BCUT2D eigenvalue weighted by Crippen LogP contribution is -2.63. The van der Waals surface area contributed by atoms with Crippen LogP contribution in [0.1, 0.15) is 47.0 Å². The zero-order valence-electron chi connectivity index (χ0n) is 13.4. The second-order valence-electron chi connectivity index (χ2n) is 7.30. The van der Waals surface area contributed by atoms with Crippen molar-refractivity contribution >= 4 is 9.16 Å². The van der Waals surface area contributed by atoms with Crippen LogP contribution in [0.25, 0.3) is 0 Å². The van der Waals surface area contributed by atoms with E-state index >= 15 is 0 Å². The predicted octanol–water partition coefficient (Wildman–Crippen LogP) is 3.82. The minimum absolute atomic E-state index is 0.264. The number of thiol groups is 1. The monoisotopic (exact) mass is 279 g/mol. The van der Waals surface area contributed by atoms with Crippen molar-refractivity contribution in [3.8, 4) is 0 Å². The van der Waals surface area contributed by atoms with E-state index in [9.17, 15) is 4.39 Å². The number of halogens is 1. The van der Waals surface area contributed by atoms with Crippen LogP contribution in [0.4, 0.5) is 4.39 Å². The molecule has 0 aromatic carbocycles. The summed E-state index contributed by atoms with van der Waals surface area (Å²) in [5, 5.41) is 3.13. The summed E-state index contributed by atoms with van der Waals surface area (Å²) in [5.41, 5.74) is 0. The summed E-state index contributed by atoms with van der Waals surface area (Å²) < 4.78 is 14.6. The van der Waals surface area contributed by atoms with Gasteiger partial charge in [0.05, 0.1) is 0 Å². The average Bonchev–Trinajstić information content (AvgIpc) is 2.35. The Kier molecular flexibility index (Phi) is 4.50. The van der Waals surface area contributed by atoms with E-state index in [0.29, 0.717) is 10.7 Å². The van der Waals surface area contributed by atoms with E-state index < -0.39 is 15.5 Å². The Morgan fingerprint density at radius 2 is 1.94 bits per heavy atom. The third-order valence-corrected chi connectivity index (χ3v) is 15.3. The maximum absolute atomic E-state index is 14.3. The molecule has 3 heteroatoms. The van der Waals surface area contributed by atoms with Crippen LogP contribution in [-0.4, -0.2) is 41.6 Å². The standard InChI is InChI=1S/C15H34FNS/c1-8-12(3)15(4,9-2)18(6,7)11-10-13(18)14(16)17-5/h12-14,17-18H,8-11H2,1-7H3. The fourth-order valence-electron chi connectivity index (χ4n) is 4.35. The molecule has 0 spiro atoms. The molecule has 18 heavy (non-hydrogen) atoms. The van der Waals surface area contributed by atoms with Crippen LogP contribution in [0, 0.1) is 5.92 Å². The minimum Gasteiger partial charge on any atom is -0.290 e. The van der Waals surface area contributed by atoms with Crippen LogP contribution in [-0.2, 0) is 0 Å². The highest BCUT2D eigenvalue weighted by Gasteiger charge is 2.61. The highest BCUT2D eigenvalue weighted by atomic mass is 32.3. The lowest BCUT2D eigenvalue weighted by molar-refractivity contribution is 0.262. The molecular formula is C15H34FNS. The van der Waals surface area contributed by atoms with Crippen molar-refractivity contribution in [2.45, 2.75) is 63.2 Å². The Balaban J connectivity index is 3.16. The molecule has 0 saturated carbocycles. The van der Waals surface area contributed by atoms with Gasteiger partial charge >= 0.3 is 0 Å². The molecule has 1 aliphatic rings. The van der Waals surface area contributed by atoms with E-state index in [-0.39, 0.29) is 5.25 Å². The van der Waals surface area contributed by atoms with E-state index in [1.807, 2.05) is 0 Å². The number of rotatable bonds is 6. The smallest absolute Gasteiger partial charge is 0.160 e. The first-order chi connectivity index (χ1) is 8.17. The molecule has 1 rings (SSSR count). The third-order valence-electron chi connectivity index (χ3n) is 6.86. The molecule has 0 bridgehead atoms. The van der Waals surface area contributed by atoms with Gasteiger partial charge in [-0.05, 0) is 48.8 Å². The maximum Gasteiger partial charge on any atom is 0.160 e. The minimum atomic E-state index is -1.97. The van der Waals surface area contributed by atoms with Crippen molar-refractivity contribution < 1.29 is 4.39 Å². The zero-order chi connectivity index (χ0) is 14.2. The summed E-state index contributed by atoms with van der Waals surface area (Å²) in [4.78, 5) is 0. The van der Waals surface area contributed by atoms with Crippen LogP contribution in [0.3, 0.4) is 0 Å². The molecule has 112 valence electrons. The molecule has 1 fully saturated rings. The van der Waals surface area contributed by atoms with Gasteiger partial charge in [-0.2, -0.15) is 0 Å². The molecule has 0 aromatic heterocycles. The summed E-state index contributed by atoms with van der Waals surface area (Å²) in [6, 6.07) is 0. The maximum atomic E-state index is 14.3. The Morgan fingerprint density at radius 3 is 2.22 bits per heavy atom. The van der Waals surface area contributed by atoms with Crippen LogP contribution in [0.2, 0.25) is 0 Å². The molecule has 1 heterocycles. The molecule has 0 amide bonds. The molecule has 1 N–H and O–H groups in total. The molecule has 4 unspecified atom stereocenters. The first-order valence-corrected chi connectivity index (χ1v) is 10.9. The number of hydrogen-bond acceptors (Lipinski definition) is 1. The first kappa shape index (κ1) is 16.3. The molecule has 1 nitrogen and oxygen atoms in total. The Morgan fingerprint density at radius 1 is 1.39 bits per heavy atom. The van der Waals surface area contributed by atoms with Gasteiger partial charge < -0.3 is 0 Å². The van der Waals surface area contributed by atoms with Crippen LogP contribution in [0.5, 0.6) is 0 Å². The normalized spacial score (nSPS) is 34.4. The lowest BCUT2D eigenvalue weighted by Gasteiger charge is -2.79. The van der Waals surface area contributed by atoms with E-state index in [1.54, 1.807) is 7.05 Å². The van der Waals surface area contributed by atoms with Crippen molar-refractivity contribution in [1.29, 1.82) is 0 Å². The van der Waals surface area contributed by atoms with Gasteiger partial charge in [-0.15, -0.1) is 0 Å². The molecule has 0 aliphatic carbocycles. The predicted molar refractivity (Wildman–Crippen MR) is 86.2 cm³/mol. The number of alkyl halides is 1. The first-order valence-electron chi connectivity index (χ1n) is 7.48. The molecule has 4 atom stereocenters. The van der Waals surface area contributed by atoms with Gasteiger partial charge in [-0.25, -0.2) is 4.39 Å². The lowest BCUT2D eigenvalue weighted by atomic mass is 9.90. The molecule has 1 aliphatic heterocycles. The van der Waals surface area contributed by atoms with Crippen molar-refractivity contribution in [3.05, 3.63) is 0 Å². The number of nitrogens with one attached hydrogen (secondary N) is 1. The van der Waals surface area contributed by atoms with Crippen LogP contribution in [0.15, 0.2) is 0 Å². The molecular weight excluding hydrogens is 245 g/mol. The fraction of sp³-hybridized carbons (Fsp3) is 1.00. The molecule has 0 aromatic rings. The summed E-state index contributed by atoms with van der Waals surface area (Å²) in [7, 11) is -0.215.